The average molecular weight is 320 g/mol. The highest BCUT2D eigenvalue weighted by Gasteiger charge is 2.37. The van der Waals surface area contributed by atoms with Crippen molar-refractivity contribution in [2.24, 2.45) is 11.3 Å². The van der Waals surface area contributed by atoms with Crippen LogP contribution in [0.5, 0.6) is 0 Å². The zero-order valence-corrected chi connectivity index (χ0v) is 13.8. The molecule has 0 radical (unpaired) electrons. The molecule has 2 atom stereocenters. The number of carboxylic acid groups (broad SMARTS) is 1. The predicted molar refractivity (Wildman–Crippen MR) is 86.4 cm³/mol. The molecule has 0 aromatic carbocycles. The fourth-order valence-electron chi connectivity index (χ4n) is 3.40. The van der Waals surface area contributed by atoms with Gasteiger partial charge in [0.05, 0.1) is 0 Å². The summed E-state index contributed by atoms with van der Waals surface area (Å²) in [4.78, 5) is 35.5. The summed E-state index contributed by atoms with van der Waals surface area (Å²) in [5.74, 6) is -1.17. The summed E-state index contributed by atoms with van der Waals surface area (Å²) in [6.45, 7) is 6.02. The number of carboxylic acids is 1. The topological polar surface area (TPSA) is 88.4 Å². The van der Waals surface area contributed by atoms with Crippen LogP contribution in [0.25, 0.3) is 0 Å². The number of nitrogens with one attached hydrogen (secondary N) is 1. The number of pyridine rings is 1. The molecule has 0 spiro atoms. The molecule has 23 heavy (non-hydrogen) atoms. The van der Waals surface area contributed by atoms with Crippen LogP contribution in [0.1, 0.15) is 50.4 Å². The Bertz CT molecular complexity index is 657. The molecule has 1 fully saturated rings. The Labute approximate surface area is 135 Å². The van der Waals surface area contributed by atoms with Crippen molar-refractivity contribution < 1.29 is 14.7 Å². The number of carbonyl (C=O) groups is 2. The van der Waals surface area contributed by atoms with E-state index in [1.807, 2.05) is 0 Å². The minimum Gasteiger partial charge on any atom is -0.480 e. The number of amides is 1. The van der Waals surface area contributed by atoms with Crippen molar-refractivity contribution >= 4 is 11.9 Å². The van der Waals surface area contributed by atoms with Gasteiger partial charge in [-0.25, -0.2) is 0 Å². The van der Waals surface area contributed by atoms with Crippen LogP contribution in [0.2, 0.25) is 0 Å². The Kier molecular flexibility index (Phi) is 4.92. The first-order chi connectivity index (χ1) is 10.7. The van der Waals surface area contributed by atoms with Crippen molar-refractivity contribution in [1.82, 2.24) is 9.88 Å². The van der Waals surface area contributed by atoms with Gasteiger partial charge in [-0.15, -0.1) is 0 Å². The first-order valence-electron chi connectivity index (χ1n) is 7.92. The molecule has 0 bridgehead atoms. The average Bonchev–Trinajstić information content (AvgIpc) is 2.88. The van der Waals surface area contributed by atoms with E-state index in [-0.39, 0.29) is 17.0 Å². The molecule has 1 aliphatic carbocycles. The van der Waals surface area contributed by atoms with Gasteiger partial charge in [0.25, 0.3) is 11.5 Å². The third-order valence-corrected chi connectivity index (χ3v) is 4.52. The first kappa shape index (κ1) is 17.2. The number of hydrogen-bond donors (Lipinski definition) is 2. The molecule has 0 aliphatic heterocycles. The van der Waals surface area contributed by atoms with E-state index in [1.165, 1.54) is 18.3 Å². The number of aliphatic carboxylic acids is 1. The summed E-state index contributed by atoms with van der Waals surface area (Å²) in [5.41, 5.74) is -0.486. The summed E-state index contributed by atoms with van der Waals surface area (Å²) in [7, 11) is 0. The quantitative estimate of drug-likeness (QED) is 0.886. The summed E-state index contributed by atoms with van der Waals surface area (Å²) < 4.78 is 1.03. The molecule has 2 N–H and O–H groups in total. The van der Waals surface area contributed by atoms with Gasteiger partial charge in [0.1, 0.15) is 12.1 Å². The molecule has 6 heteroatoms. The number of nitrogens with zero attached hydrogens (tertiary/aromatic N) is 1. The van der Waals surface area contributed by atoms with E-state index in [1.54, 1.807) is 0 Å². The lowest BCUT2D eigenvalue weighted by Gasteiger charge is -2.32. The maximum absolute atomic E-state index is 12.5. The molecule has 1 amide bonds. The van der Waals surface area contributed by atoms with Crippen molar-refractivity contribution in [2.45, 2.75) is 52.6 Å². The Balaban J connectivity index is 2.18. The fourth-order valence-corrected chi connectivity index (χ4v) is 3.40. The molecule has 2 rings (SSSR count). The molecular weight excluding hydrogens is 296 g/mol. The number of hydrogen-bond acceptors (Lipinski definition) is 3. The van der Waals surface area contributed by atoms with Crippen LogP contribution in [0, 0.1) is 11.3 Å². The van der Waals surface area contributed by atoms with Gasteiger partial charge in [-0.1, -0.05) is 27.2 Å². The highest BCUT2D eigenvalue weighted by Crippen LogP contribution is 2.39. The lowest BCUT2D eigenvalue weighted by Crippen LogP contribution is -2.44. The minimum atomic E-state index is -1.12. The van der Waals surface area contributed by atoms with E-state index in [0.29, 0.717) is 5.92 Å². The normalized spacial score (nSPS) is 21.2. The summed E-state index contributed by atoms with van der Waals surface area (Å²) >= 11 is 0. The second-order valence-corrected chi connectivity index (χ2v) is 7.23. The van der Waals surface area contributed by atoms with Crippen molar-refractivity contribution in [2.75, 3.05) is 0 Å². The molecule has 6 nitrogen and oxygen atoms in total. The Morgan fingerprint density at radius 3 is 2.65 bits per heavy atom. The second-order valence-electron chi connectivity index (χ2n) is 7.23. The van der Waals surface area contributed by atoms with Gasteiger partial charge in [-0.2, -0.15) is 0 Å². The van der Waals surface area contributed by atoms with Crippen LogP contribution in [-0.2, 0) is 11.3 Å². The van der Waals surface area contributed by atoms with Gasteiger partial charge in [0.15, 0.2) is 0 Å². The van der Waals surface area contributed by atoms with Crippen molar-refractivity contribution in [3.63, 3.8) is 0 Å². The van der Waals surface area contributed by atoms with Crippen LogP contribution < -0.4 is 10.9 Å². The van der Waals surface area contributed by atoms with Gasteiger partial charge in [0, 0.05) is 12.2 Å². The number of rotatable bonds is 4. The molecule has 2 unspecified atom stereocenters. The van der Waals surface area contributed by atoms with Crippen LogP contribution in [0.4, 0.5) is 0 Å². The van der Waals surface area contributed by atoms with Crippen LogP contribution in [0.15, 0.2) is 23.1 Å². The largest absolute Gasteiger partial charge is 0.480 e. The minimum absolute atomic E-state index is 0.00620. The second kappa shape index (κ2) is 6.56. The Morgan fingerprint density at radius 1 is 1.35 bits per heavy atom. The standard InChI is InChI=1S/C17H24N2O4/c1-17(2,3)12-7-4-8-13(12)18-15(22)11-6-5-9-19(16(11)23)10-14(20)21/h5-6,9,12-13H,4,7-8,10H2,1-3H3,(H,18,22)(H,20,21). The third kappa shape index (κ3) is 4.00. The molecule has 1 saturated carbocycles. The van der Waals surface area contributed by atoms with E-state index < -0.39 is 24.0 Å². The molecule has 1 aliphatic rings. The first-order valence-corrected chi connectivity index (χ1v) is 7.92. The molecule has 1 heterocycles. The Hall–Kier alpha value is -2.11. The van der Waals surface area contributed by atoms with Crippen LogP contribution in [-0.4, -0.2) is 27.6 Å². The molecule has 1 aromatic rings. The lowest BCUT2D eigenvalue weighted by atomic mass is 9.77. The highest BCUT2D eigenvalue weighted by atomic mass is 16.4. The lowest BCUT2D eigenvalue weighted by molar-refractivity contribution is -0.137. The van der Waals surface area contributed by atoms with E-state index in [2.05, 4.69) is 26.1 Å². The van der Waals surface area contributed by atoms with E-state index in [0.717, 1.165) is 23.8 Å². The van der Waals surface area contributed by atoms with E-state index in [9.17, 15) is 14.4 Å². The zero-order chi connectivity index (χ0) is 17.2. The fraction of sp³-hybridized carbons (Fsp3) is 0.588. The molecule has 1 aromatic heterocycles. The predicted octanol–water partition coefficient (Wildman–Crippen LogP) is 1.88. The van der Waals surface area contributed by atoms with Crippen molar-refractivity contribution in [3.05, 3.63) is 34.2 Å². The zero-order valence-electron chi connectivity index (χ0n) is 13.8. The molecule has 0 saturated heterocycles. The van der Waals surface area contributed by atoms with Crippen molar-refractivity contribution in [3.8, 4) is 0 Å². The third-order valence-electron chi connectivity index (χ3n) is 4.52. The number of aromatic nitrogens is 1. The van der Waals surface area contributed by atoms with Crippen molar-refractivity contribution in [1.29, 1.82) is 0 Å². The van der Waals surface area contributed by atoms with Gasteiger partial charge in [-0.05, 0) is 36.3 Å². The SMILES string of the molecule is CC(C)(C)C1CCCC1NC(=O)c1cccn(CC(=O)O)c1=O. The van der Waals surface area contributed by atoms with E-state index in [4.69, 9.17) is 5.11 Å². The summed E-state index contributed by atoms with van der Waals surface area (Å²) in [6, 6.07) is 3.02. The van der Waals surface area contributed by atoms with Gasteiger partial charge >= 0.3 is 5.97 Å². The summed E-state index contributed by atoms with van der Waals surface area (Å²) in [6.07, 6.45) is 4.40. The van der Waals surface area contributed by atoms with Gasteiger partial charge < -0.3 is 15.0 Å². The highest BCUT2D eigenvalue weighted by molar-refractivity contribution is 5.94. The van der Waals surface area contributed by atoms with E-state index >= 15 is 0 Å². The summed E-state index contributed by atoms with van der Waals surface area (Å²) in [5, 5.41) is 11.8. The van der Waals surface area contributed by atoms with Crippen LogP contribution >= 0.6 is 0 Å². The Morgan fingerprint density at radius 2 is 2.04 bits per heavy atom. The maximum Gasteiger partial charge on any atom is 0.323 e. The monoisotopic (exact) mass is 320 g/mol. The van der Waals surface area contributed by atoms with Gasteiger partial charge in [0.2, 0.25) is 0 Å². The molecule has 126 valence electrons. The van der Waals surface area contributed by atoms with Crippen LogP contribution in [0.3, 0.4) is 0 Å². The smallest absolute Gasteiger partial charge is 0.323 e. The maximum atomic E-state index is 12.5. The van der Waals surface area contributed by atoms with Gasteiger partial charge in [-0.3, -0.25) is 14.4 Å². The number of carbonyl (C=O) groups excluding carboxylic acids is 1. The molecular formula is C17H24N2O4.